The quantitative estimate of drug-likeness (QED) is 0.586. The van der Waals surface area contributed by atoms with Crippen molar-refractivity contribution >= 4 is 5.78 Å². The summed E-state index contributed by atoms with van der Waals surface area (Å²) in [4.78, 5) is 11.1. The second-order valence-electron chi connectivity index (χ2n) is 3.06. The molecule has 72 valence electrons. The Labute approximate surface area is 73.7 Å². The van der Waals surface area contributed by atoms with Gasteiger partial charge in [0.1, 0.15) is 5.78 Å². The number of ketones is 1. The van der Waals surface area contributed by atoms with E-state index in [2.05, 4.69) is 0 Å². The normalized spacial score (nSPS) is 10.7. The molecule has 12 heavy (non-hydrogen) atoms. The van der Waals surface area contributed by atoms with Crippen molar-refractivity contribution in [2.75, 3.05) is 19.8 Å². The molecule has 0 spiro atoms. The highest BCUT2D eigenvalue weighted by Gasteiger charge is 2.05. The van der Waals surface area contributed by atoms with Gasteiger partial charge < -0.3 is 9.84 Å². The largest absolute Gasteiger partial charge is 0.394 e. The lowest BCUT2D eigenvalue weighted by Gasteiger charge is -2.03. The fourth-order valence-electron chi connectivity index (χ4n) is 0.804. The summed E-state index contributed by atoms with van der Waals surface area (Å²) in [5.41, 5.74) is 0. The van der Waals surface area contributed by atoms with E-state index in [1.165, 1.54) is 0 Å². The van der Waals surface area contributed by atoms with Crippen LogP contribution < -0.4 is 0 Å². The maximum Gasteiger partial charge on any atom is 0.135 e. The highest BCUT2D eigenvalue weighted by molar-refractivity contribution is 5.80. The first-order valence-corrected chi connectivity index (χ1v) is 4.39. The van der Waals surface area contributed by atoms with Gasteiger partial charge in [-0.2, -0.15) is 0 Å². The van der Waals surface area contributed by atoms with Gasteiger partial charge in [0, 0.05) is 18.9 Å². The van der Waals surface area contributed by atoms with Gasteiger partial charge in [-0.1, -0.05) is 13.8 Å². The third-order valence-corrected chi connectivity index (χ3v) is 1.59. The van der Waals surface area contributed by atoms with Crippen LogP contribution in [-0.4, -0.2) is 30.7 Å². The van der Waals surface area contributed by atoms with Crippen molar-refractivity contribution < 1.29 is 14.6 Å². The summed E-state index contributed by atoms with van der Waals surface area (Å²) < 4.78 is 5.01. The Kier molecular flexibility index (Phi) is 7.00. The summed E-state index contributed by atoms with van der Waals surface area (Å²) in [5.74, 6) is 0.408. The minimum Gasteiger partial charge on any atom is -0.394 e. The third-order valence-electron chi connectivity index (χ3n) is 1.59. The van der Waals surface area contributed by atoms with Crippen LogP contribution in [0.5, 0.6) is 0 Å². The number of Topliss-reactive ketones (excluding diaryl/α,β-unsaturated/α-hetero) is 1. The van der Waals surface area contributed by atoms with Gasteiger partial charge in [-0.3, -0.25) is 4.79 Å². The molecule has 0 aromatic heterocycles. The number of hydrogen-bond donors (Lipinski definition) is 1. The molecule has 0 heterocycles. The molecule has 0 saturated heterocycles. The van der Waals surface area contributed by atoms with Crippen LogP contribution in [0.2, 0.25) is 0 Å². The standard InChI is InChI=1S/C9H18O3/c1-8(2)9(11)4-3-6-12-7-5-10/h8,10H,3-7H2,1-2H3. The molecule has 0 atom stereocenters. The van der Waals surface area contributed by atoms with E-state index < -0.39 is 0 Å². The smallest absolute Gasteiger partial charge is 0.135 e. The van der Waals surface area contributed by atoms with Gasteiger partial charge in [0.25, 0.3) is 0 Å². The van der Waals surface area contributed by atoms with Crippen LogP contribution in [0.1, 0.15) is 26.7 Å². The van der Waals surface area contributed by atoms with Crippen LogP contribution >= 0.6 is 0 Å². The van der Waals surface area contributed by atoms with Crippen LogP contribution in [-0.2, 0) is 9.53 Å². The summed E-state index contributed by atoms with van der Waals surface area (Å²) >= 11 is 0. The lowest BCUT2D eigenvalue weighted by atomic mass is 10.1. The van der Waals surface area contributed by atoms with E-state index in [0.29, 0.717) is 19.6 Å². The Bertz CT molecular complexity index is 121. The second-order valence-corrected chi connectivity index (χ2v) is 3.06. The lowest BCUT2D eigenvalue weighted by molar-refractivity contribution is -0.122. The average molecular weight is 174 g/mol. The molecule has 0 saturated carbocycles. The van der Waals surface area contributed by atoms with Gasteiger partial charge in [-0.25, -0.2) is 0 Å². The molecular weight excluding hydrogens is 156 g/mol. The van der Waals surface area contributed by atoms with Crippen LogP contribution in [0.15, 0.2) is 0 Å². The van der Waals surface area contributed by atoms with Crippen LogP contribution in [0.4, 0.5) is 0 Å². The number of hydrogen-bond acceptors (Lipinski definition) is 3. The first-order chi connectivity index (χ1) is 5.68. The zero-order valence-electron chi connectivity index (χ0n) is 7.88. The minimum absolute atomic E-state index is 0.0537. The van der Waals surface area contributed by atoms with Gasteiger partial charge in [0.05, 0.1) is 13.2 Å². The topological polar surface area (TPSA) is 46.5 Å². The summed E-state index contributed by atoms with van der Waals surface area (Å²) in [7, 11) is 0. The molecule has 0 rings (SSSR count). The lowest BCUT2D eigenvalue weighted by Crippen LogP contribution is -2.08. The third kappa shape index (κ3) is 6.31. The Morgan fingerprint density at radius 1 is 1.42 bits per heavy atom. The average Bonchev–Trinajstić information content (AvgIpc) is 2.03. The first kappa shape index (κ1) is 11.6. The molecule has 0 aliphatic rings. The maximum absolute atomic E-state index is 11.1. The van der Waals surface area contributed by atoms with Crippen molar-refractivity contribution in [3.63, 3.8) is 0 Å². The Hall–Kier alpha value is -0.410. The number of carbonyl (C=O) groups is 1. The number of carbonyl (C=O) groups excluding carboxylic acids is 1. The molecule has 0 bridgehead atoms. The molecule has 0 radical (unpaired) electrons. The Balaban J connectivity index is 3.14. The van der Waals surface area contributed by atoms with Gasteiger partial charge in [-0.15, -0.1) is 0 Å². The van der Waals surface area contributed by atoms with Crippen molar-refractivity contribution in [1.29, 1.82) is 0 Å². The second kappa shape index (κ2) is 7.25. The zero-order chi connectivity index (χ0) is 9.40. The molecule has 3 nitrogen and oxygen atoms in total. The summed E-state index contributed by atoms with van der Waals surface area (Å²) in [6, 6.07) is 0. The number of aliphatic hydroxyl groups is 1. The predicted molar refractivity (Wildman–Crippen MR) is 47.0 cm³/mol. The van der Waals surface area contributed by atoms with Crippen molar-refractivity contribution in [3.05, 3.63) is 0 Å². The van der Waals surface area contributed by atoms with E-state index in [9.17, 15) is 4.79 Å². The summed E-state index contributed by atoms with van der Waals surface area (Å²) in [5, 5.41) is 8.37. The molecule has 0 aromatic rings. The molecule has 1 N–H and O–H groups in total. The van der Waals surface area contributed by atoms with E-state index in [1.54, 1.807) is 0 Å². The van der Waals surface area contributed by atoms with Crippen molar-refractivity contribution in [2.45, 2.75) is 26.7 Å². The van der Waals surface area contributed by atoms with Crippen molar-refractivity contribution in [2.24, 2.45) is 5.92 Å². The summed E-state index contributed by atoms with van der Waals surface area (Å²) in [6.45, 7) is 4.79. The molecule has 0 aromatic carbocycles. The van der Waals surface area contributed by atoms with Crippen LogP contribution in [0.25, 0.3) is 0 Å². The maximum atomic E-state index is 11.1. The highest BCUT2D eigenvalue weighted by atomic mass is 16.5. The minimum atomic E-state index is 0.0537. The molecule has 0 aliphatic heterocycles. The Morgan fingerprint density at radius 3 is 2.58 bits per heavy atom. The molecule has 3 heteroatoms. The van der Waals surface area contributed by atoms with E-state index in [-0.39, 0.29) is 18.3 Å². The van der Waals surface area contributed by atoms with Crippen LogP contribution in [0, 0.1) is 5.92 Å². The molecule has 0 unspecified atom stereocenters. The first-order valence-electron chi connectivity index (χ1n) is 4.39. The van der Waals surface area contributed by atoms with Gasteiger partial charge >= 0.3 is 0 Å². The zero-order valence-corrected chi connectivity index (χ0v) is 7.88. The molecule has 0 aliphatic carbocycles. The van der Waals surface area contributed by atoms with Crippen LogP contribution in [0.3, 0.4) is 0 Å². The number of ether oxygens (including phenoxy) is 1. The molecular formula is C9H18O3. The molecule has 0 fully saturated rings. The number of rotatable bonds is 7. The van der Waals surface area contributed by atoms with E-state index >= 15 is 0 Å². The van der Waals surface area contributed by atoms with Crippen molar-refractivity contribution in [1.82, 2.24) is 0 Å². The summed E-state index contributed by atoms with van der Waals surface area (Å²) in [6.07, 6.45) is 1.35. The SMILES string of the molecule is CC(C)C(=O)CCCOCCO. The highest BCUT2D eigenvalue weighted by Crippen LogP contribution is 2.01. The van der Waals surface area contributed by atoms with E-state index in [4.69, 9.17) is 9.84 Å². The number of aliphatic hydroxyl groups excluding tert-OH is 1. The van der Waals surface area contributed by atoms with E-state index in [1.807, 2.05) is 13.8 Å². The van der Waals surface area contributed by atoms with Gasteiger partial charge in [-0.05, 0) is 6.42 Å². The monoisotopic (exact) mass is 174 g/mol. The molecule has 0 amide bonds. The fraction of sp³-hybridized carbons (Fsp3) is 0.889. The van der Waals surface area contributed by atoms with Gasteiger partial charge in [0.2, 0.25) is 0 Å². The van der Waals surface area contributed by atoms with Crippen molar-refractivity contribution in [3.8, 4) is 0 Å². The fourth-order valence-corrected chi connectivity index (χ4v) is 0.804. The predicted octanol–water partition coefficient (Wildman–Crippen LogP) is 1.00. The van der Waals surface area contributed by atoms with Gasteiger partial charge in [0.15, 0.2) is 0 Å². The Morgan fingerprint density at radius 2 is 2.08 bits per heavy atom. The van der Waals surface area contributed by atoms with E-state index in [0.717, 1.165) is 6.42 Å².